The highest BCUT2D eigenvalue weighted by atomic mass is 32.2. The fraction of sp³-hybridized carbons (Fsp3) is 0.379. The first-order valence-corrected chi connectivity index (χ1v) is 14.2. The van der Waals surface area contributed by atoms with Gasteiger partial charge in [-0.15, -0.1) is 0 Å². The Bertz CT molecular complexity index is 1400. The van der Waals surface area contributed by atoms with E-state index in [1.54, 1.807) is 24.3 Å². The minimum absolute atomic E-state index is 0.0231. The second-order valence-corrected chi connectivity index (χ2v) is 11.0. The number of aromatic nitrogens is 3. The van der Waals surface area contributed by atoms with Crippen LogP contribution in [0.1, 0.15) is 56.0 Å². The van der Waals surface area contributed by atoms with Gasteiger partial charge in [0.1, 0.15) is 17.5 Å². The maximum absolute atomic E-state index is 12.6. The van der Waals surface area contributed by atoms with E-state index in [9.17, 15) is 14.9 Å². The van der Waals surface area contributed by atoms with Gasteiger partial charge < -0.3 is 21.3 Å². The molecule has 1 aliphatic heterocycles. The molecule has 10 nitrogen and oxygen atoms in total. The predicted octanol–water partition coefficient (Wildman–Crippen LogP) is 3.95. The zero-order valence-corrected chi connectivity index (χ0v) is 23.8. The van der Waals surface area contributed by atoms with E-state index in [0.717, 1.165) is 37.3 Å². The molecule has 3 heterocycles. The number of pyridine rings is 1. The Morgan fingerprint density at radius 3 is 2.55 bits per heavy atom. The Kier molecular flexibility index (Phi) is 9.69. The number of nitriles is 1. The molecule has 0 saturated carbocycles. The second kappa shape index (κ2) is 13.4. The van der Waals surface area contributed by atoms with E-state index in [4.69, 9.17) is 10.7 Å². The van der Waals surface area contributed by atoms with E-state index in [1.807, 2.05) is 25.1 Å². The lowest BCUT2D eigenvalue weighted by molar-refractivity contribution is -0.122. The number of likely N-dealkylation sites (tertiary alicyclic amines) is 1. The second-order valence-electron chi connectivity index (χ2n) is 10.1. The van der Waals surface area contributed by atoms with Gasteiger partial charge in [-0.05, 0) is 57.2 Å². The molecule has 1 fully saturated rings. The average molecular weight is 559 g/mol. The van der Waals surface area contributed by atoms with Gasteiger partial charge in [0.15, 0.2) is 5.16 Å². The number of rotatable bonds is 9. The van der Waals surface area contributed by atoms with Crippen LogP contribution in [-0.4, -0.2) is 57.8 Å². The number of nitrogens with two attached hydrogens (primary N) is 1. The number of nitrogen functional groups attached to an aromatic ring is 1. The highest BCUT2D eigenvalue weighted by molar-refractivity contribution is 7.98. The van der Waals surface area contributed by atoms with Crippen LogP contribution in [0.4, 0.5) is 11.5 Å². The van der Waals surface area contributed by atoms with Crippen molar-refractivity contribution in [1.29, 1.82) is 5.26 Å². The minimum atomic E-state index is -0.168. The van der Waals surface area contributed by atoms with Crippen LogP contribution in [0.5, 0.6) is 0 Å². The standard InChI is InChI=1S/C29H34N8O2S/c1-18(15-26(39)34-22-11-13-37(3)14-12-22)25-6-4-5-23(33-25)17-40-29-35-27(24(16-30)28(31)36-29)20-7-9-21(10-8-20)32-19(2)38/h4-10,18,22H,11-15,17H2,1-3H3,(H,32,38)(H,34,39)(H2,31,35,36). The maximum Gasteiger partial charge on any atom is 0.221 e. The Morgan fingerprint density at radius 1 is 1.15 bits per heavy atom. The van der Waals surface area contributed by atoms with Crippen molar-refractivity contribution >= 4 is 35.1 Å². The molecule has 4 N–H and O–H groups in total. The van der Waals surface area contributed by atoms with Gasteiger partial charge in [0.2, 0.25) is 11.8 Å². The first kappa shape index (κ1) is 29.0. The minimum Gasteiger partial charge on any atom is -0.382 e. The van der Waals surface area contributed by atoms with Crippen LogP contribution in [0.3, 0.4) is 0 Å². The lowest BCUT2D eigenvalue weighted by Gasteiger charge is -2.29. The summed E-state index contributed by atoms with van der Waals surface area (Å²) < 4.78 is 0. The summed E-state index contributed by atoms with van der Waals surface area (Å²) in [6, 6.07) is 15.2. The van der Waals surface area contributed by atoms with Gasteiger partial charge in [-0.1, -0.05) is 36.9 Å². The number of nitrogens with zero attached hydrogens (tertiary/aromatic N) is 5. The molecule has 11 heteroatoms. The number of nitrogens with one attached hydrogen (secondary N) is 2. The van der Waals surface area contributed by atoms with Gasteiger partial charge in [0.05, 0.1) is 11.4 Å². The van der Waals surface area contributed by atoms with E-state index in [0.29, 0.717) is 34.3 Å². The highest BCUT2D eigenvalue weighted by Gasteiger charge is 2.21. The molecule has 1 aliphatic rings. The van der Waals surface area contributed by atoms with Crippen molar-refractivity contribution in [3.8, 4) is 17.3 Å². The van der Waals surface area contributed by atoms with E-state index >= 15 is 0 Å². The quantitative estimate of drug-likeness (QED) is 0.262. The van der Waals surface area contributed by atoms with Crippen molar-refractivity contribution in [2.24, 2.45) is 0 Å². The third kappa shape index (κ3) is 7.77. The smallest absolute Gasteiger partial charge is 0.221 e. The number of amides is 2. The fourth-order valence-corrected chi connectivity index (χ4v) is 5.33. The molecule has 0 radical (unpaired) electrons. The third-order valence-corrected chi connectivity index (χ3v) is 7.65. The number of anilines is 2. The molecule has 2 aromatic heterocycles. The summed E-state index contributed by atoms with van der Waals surface area (Å²) in [7, 11) is 2.10. The van der Waals surface area contributed by atoms with Crippen molar-refractivity contribution in [3.63, 3.8) is 0 Å². The van der Waals surface area contributed by atoms with Gasteiger partial charge >= 0.3 is 0 Å². The molecule has 0 spiro atoms. The molecule has 1 saturated heterocycles. The summed E-state index contributed by atoms with van der Waals surface area (Å²) in [5.74, 6) is 0.465. The molecule has 4 rings (SSSR count). The monoisotopic (exact) mass is 558 g/mol. The lowest BCUT2D eigenvalue weighted by Crippen LogP contribution is -2.43. The first-order valence-electron chi connectivity index (χ1n) is 13.2. The molecule has 208 valence electrons. The van der Waals surface area contributed by atoms with Gasteiger partial charge in [0, 0.05) is 48.0 Å². The van der Waals surface area contributed by atoms with E-state index in [1.165, 1.54) is 18.7 Å². The Hall–Kier alpha value is -4.01. The summed E-state index contributed by atoms with van der Waals surface area (Å²) in [4.78, 5) is 40.0. The summed E-state index contributed by atoms with van der Waals surface area (Å²) >= 11 is 1.37. The maximum atomic E-state index is 12.6. The van der Waals surface area contributed by atoms with Gasteiger partial charge in [-0.25, -0.2) is 9.97 Å². The van der Waals surface area contributed by atoms with Crippen LogP contribution in [0.15, 0.2) is 47.6 Å². The summed E-state index contributed by atoms with van der Waals surface area (Å²) in [5, 5.41) is 16.0. The van der Waals surface area contributed by atoms with Crippen LogP contribution < -0.4 is 16.4 Å². The summed E-state index contributed by atoms with van der Waals surface area (Å²) in [5.41, 5.74) is 9.77. The Balaban J connectivity index is 1.41. The zero-order valence-electron chi connectivity index (χ0n) is 23.0. The van der Waals surface area contributed by atoms with Gasteiger partial charge in [-0.3, -0.25) is 14.6 Å². The number of benzene rings is 1. The normalized spacial score (nSPS) is 14.8. The summed E-state index contributed by atoms with van der Waals surface area (Å²) in [6.45, 7) is 5.46. The molecule has 40 heavy (non-hydrogen) atoms. The molecular weight excluding hydrogens is 524 g/mol. The van der Waals surface area contributed by atoms with Crippen molar-refractivity contribution in [3.05, 3.63) is 59.4 Å². The topological polar surface area (TPSA) is 150 Å². The largest absolute Gasteiger partial charge is 0.382 e. The number of carbonyl (C=O) groups is 2. The molecule has 1 atom stereocenters. The van der Waals surface area contributed by atoms with Crippen molar-refractivity contribution in [2.45, 2.75) is 56.0 Å². The molecule has 0 aliphatic carbocycles. The summed E-state index contributed by atoms with van der Waals surface area (Å²) in [6.07, 6.45) is 2.34. The zero-order chi connectivity index (χ0) is 28.6. The predicted molar refractivity (Wildman–Crippen MR) is 156 cm³/mol. The van der Waals surface area contributed by atoms with Gasteiger partial charge in [-0.2, -0.15) is 5.26 Å². The highest BCUT2D eigenvalue weighted by Crippen LogP contribution is 2.30. The fourth-order valence-electron chi connectivity index (χ4n) is 4.57. The lowest BCUT2D eigenvalue weighted by atomic mass is 10.0. The average Bonchev–Trinajstić information content (AvgIpc) is 2.93. The van der Waals surface area contributed by atoms with Crippen molar-refractivity contribution < 1.29 is 9.59 Å². The van der Waals surface area contributed by atoms with E-state index in [-0.39, 0.29) is 35.2 Å². The van der Waals surface area contributed by atoms with Crippen molar-refractivity contribution in [2.75, 3.05) is 31.2 Å². The van der Waals surface area contributed by atoms with Crippen LogP contribution in [0.25, 0.3) is 11.3 Å². The van der Waals surface area contributed by atoms with E-state index in [2.05, 4.69) is 38.6 Å². The first-order chi connectivity index (χ1) is 19.2. The number of hydrogen-bond donors (Lipinski definition) is 3. The molecular formula is C29H34N8O2S. The number of piperidine rings is 1. The van der Waals surface area contributed by atoms with E-state index < -0.39 is 0 Å². The number of hydrogen-bond acceptors (Lipinski definition) is 9. The third-order valence-electron chi connectivity index (χ3n) is 6.76. The van der Waals surface area contributed by atoms with Crippen molar-refractivity contribution in [1.82, 2.24) is 25.2 Å². The Morgan fingerprint density at radius 2 is 1.88 bits per heavy atom. The number of thioether (sulfide) groups is 1. The number of carbonyl (C=O) groups excluding carboxylic acids is 2. The van der Waals surface area contributed by atoms with Crippen LogP contribution in [-0.2, 0) is 15.3 Å². The van der Waals surface area contributed by atoms with Crippen LogP contribution >= 0.6 is 11.8 Å². The SMILES string of the molecule is CC(=O)Nc1ccc(-c2nc(SCc3cccc(C(C)CC(=O)NC4CCN(C)CC4)n3)nc(N)c2C#N)cc1. The van der Waals surface area contributed by atoms with Gasteiger partial charge in [0.25, 0.3) is 0 Å². The molecule has 1 aromatic carbocycles. The van der Waals surface area contributed by atoms with Crippen LogP contribution in [0.2, 0.25) is 0 Å². The van der Waals surface area contributed by atoms with Crippen LogP contribution in [0, 0.1) is 11.3 Å². The molecule has 2 amide bonds. The Labute approximate surface area is 238 Å². The molecule has 3 aromatic rings. The molecule has 1 unspecified atom stereocenters. The molecule has 0 bridgehead atoms.